The first-order valence-electron chi connectivity index (χ1n) is 22.4. The number of nitrogens with zero attached hydrogens (tertiary/aromatic N) is 9. The van der Waals surface area contributed by atoms with E-state index in [0.29, 0.717) is 66.0 Å². The molecule has 0 radical (unpaired) electrons. The fourth-order valence-electron chi connectivity index (χ4n) is 8.75. The Kier molecular flexibility index (Phi) is 13.3. The maximum atomic E-state index is 13.7. The molecule has 0 spiro atoms. The highest BCUT2D eigenvalue weighted by Gasteiger charge is 2.40. The van der Waals surface area contributed by atoms with Gasteiger partial charge in [0.2, 0.25) is 17.7 Å². The van der Waals surface area contributed by atoms with Crippen molar-refractivity contribution in [2.45, 2.75) is 77.5 Å². The summed E-state index contributed by atoms with van der Waals surface area (Å²) in [4.78, 5) is 75.2. The van der Waals surface area contributed by atoms with Gasteiger partial charge in [-0.15, -0.1) is 21.5 Å². The van der Waals surface area contributed by atoms with Gasteiger partial charge in [0.15, 0.2) is 5.82 Å². The average Bonchev–Trinajstić information content (AvgIpc) is 4.08. The third kappa shape index (κ3) is 9.76. The van der Waals surface area contributed by atoms with Gasteiger partial charge in [-0.25, -0.2) is 0 Å². The molecule has 7 heterocycles. The van der Waals surface area contributed by atoms with Gasteiger partial charge in [0.1, 0.15) is 28.7 Å². The number of halogens is 1. The van der Waals surface area contributed by atoms with Crippen molar-refractivity contribution >= 4 is 58.2 Å². The van der Waals surface area contributed by atoms with Crippen LogP contribution < -0.4 is 10.1 Å². The number of aliphatic imine (C=N–C) groups is 1. The molecule has 0 aliphatic carbocycles. The fraction of sp³-hybridized carbons (Fsp3) is 0.396. The van der Waals surface area contributed by atoms with Crippen molar-refractivity contribution in [1.29, 1.82) is 0 Å². The highest BCUT2D eigenvalue weighted by atomic mass is 35.5. The molecule has 3 aromatic heterocycles. The summed E-state index contributed by atoms with van der Waals surface area (Å²) in [6.07, 6.45) is 5.36. The number of aromatic nitrogens is 5. The number of hydrogen-bond donors (Lipinski definition) is 1. The second-order valence-electron chi connectivity index (χ2n) is 17.0. The summed E-state index contributed by atoms with van der Waals surface area (Å²) in [5, 5.41) is 17.3. The van der Waals surface area contributed by atoms with Crippen LogP contribution in [0.5, 0.6) is 5.75 Å². The Labute approximate surface area is 396 Å². The molecule has 1 N–H and O–H groups in total. The molecule has 2 aromatic carbocycles. The number of ether oxygens (including phenoxy) is 2. The van der Waals surface area contributed by atoms with Crippen molar-refractivity contribution < 1.29 is 33.4 Å². The zero-order chi connectivity index (χ0) is 46.8. The second-order valence-corrected chi connectivity index (χ2v) is 18.5. The Hall–Kier alpha value is -6.68. The van der Waals surface area contributed by atoms with Gasteiger partial charge in [0.25, 0.3) is 5.91 Å². The highest BCUT2D eigenvalue weighted by molar-refractivity contribution is 7.15. The number of piperazine rings is 1. The number of benzene rings is 2. The molecular formula is C48H49ClN10O7S. The van der Waals surface area contributed by atoms with Gasteiger partial charge in [-0.1, -0.05) is 41.6 Å². The maximum Gasteiger partial charge on any atom is 0.305 e. The van der Waals surface area contributed by atoms with Gasteiger partial charge in [-0.2, -0.15) is 5.10 Å². The molecule has 5 aromatic rings. The number of hydrogen-bond acceptors (Lipinski definition) is 13. The summed E-state index contributed by atoms with van der Waals surface area (Å²) in [6, 6.07) is 11.5. The van der Waals surface area contributed by atoms with Gasteiger partial charge in [-0.3, -0.25) is 43.5 Å². The number of amides is 4. The van der Waals surface area contributed by atoms with Crippen molar-refractivity contribution in [2.24, 2.45) is 4.99 Å². The molecular weight excluding hydrogens is 896 g/mol. The van der Waals surface area contributed by atoms with E-state index in [1.54, 1.807) is 29.1 Å². The minimum absolute atomic E-state index is 0.0364. The number of esters is 1. The molecule has 17 nitrogen and oxygen atoms in total. The molecule has 2 atom stereocenters. The van der Waals surface area contributed by atoms with Gasteiger partial charge >= 0.3 is 5.97 Å². The Morgan fingerprint density at radius 3 is 2.58 bits per heavy atom. The number of rotatable bonds is 13. The molecule has 346 valence electrons. The normalized spacial score (nSPS) is 18.0. The van der Waals surface area contributed by atoms with Crippen LogP contribution in [0, 0.1) is 25.7 Å². The number of aryl methyl sites for hydroxylation is 2. The summed E-state index contributed by atoms with van der Waals surface area (Å²) < 4.78 is 15.2. The largest absolute Gasteiger partial charge is 0.493 e. The lowest BCUT2D eigenvalue weighted by molar-refractivity contribution is -0.144. The number of nitrogens with one attached hydrogen (secondary N) is 1. The summed E-state index contributed by atoms with van der Waals surface area (Å²) in [6.45, 7) is 8.08. The minimum Gasteiger partial charge on any atom is -0.493 e. The average molecular weight is 946 g/mol. The number of thiophene rings is 1. The van der Waals surface area contributed by atoms with Crippen LogP contribution in [0.1, 0.15) is 99.3 Å². The Balaban J connectivity index is 0.797. The van der Waals surface area contributed by atoms with Crippen molar-refractivity contribution in [3.8, 4) is 22.6 Å². The molecule has 2 saturated heterocycles. The van der Waals surface area contributed by atoms with Crippen LogP contribution >= 0.6 is 22.9 Å². The standard InChI is InChI=1S/C48H49ClN10O7S/c1-29-39(67-48-43(29)44(32-11-13-33(49)14-12-32)51-36(45-54-53-30(2)59(45)48)25-41(61)56-21-19-55(3)20-22-56)16-10-31-26-50-57(27-31)18-5-9-42(62)66-24-6-23-65-38-8-4-7-34-35(38)28-58(47(34)64)37-15-17-40(60)52-46(37)63/h4,7-8,11-14,26-27,36-37H,5-6,9,15,17-25,28H2,1-3H3,(H,52,60,63)/t36-,37?/m0/s1. The van der Waals surface area contributed by atoms with Crippen molar-refractivity contribution in [3.63, 3.8) is 0 Å². The van der Waals surface area contributed by atoms with E-state index in [0.717, 1.165) is 50.9 Å². The van der Waals surface area contributed by atoms with E-state index in [1.165, 1.54) is 16.2 Å². The van der Waals surface area contributed by atoms with Crippen molar-refractivity contribution in [2.75, 3.05) is 46.4 Å². The SMILES string of the molecule is Cc1c(C#Cc2cnn(CCCC(=O)OCCCOc3cccc4c3CN(C3CCC(=O)NC3=O)C4=O)c2)sc2c1C(c1ccc(Cl)cc1)=N[C@@H](CC(=O)N1CCN(C)CC1)c1nnc(C)n1-2. The zero-order valence-corrected chi connectivity index (χ0v) is 39.0. The first-order valence-corrected chi connectivity index (χ1v) is 23.6. The van der Waals surface area contributed by atoms with E-state index >= 15 is 0 Å². The highest BCUT2D eigenvalue weighted by Crippen LogP contribution is 2.40. The number of carbonyl (C=O) groups is 5. The molecule has 9 rings (SSSR count). The van der Waals surface area contributed by atoms with E-state index in [4.69, 9.17) is 26.1 Å². The smallest absolute Gasteiger partial charge is 0.305 e. The van der Waals surface area contributed by atoms with Crippen molar-refractivity contribution in [1.82, 2.24) is 44.6 Å². The summed E-state index contributed by atoms with van der Waals surface area (Å²) in [5.41, 5.74) is 5.35. The number of imide groups is 1. The Bertz CT molecular complexity index is 2850. The van der Waals surface area contributed by atoms with E-state index in [2.05, 4.69) is 44.4 Å². The van der Waals surface area contributed by atoms with Crippen LogP contribution in [0.4, 0.5) is 0 Å². The lowest BCUT2D eigenvalue weighted by Gasteiger charge is -2.33. The predicted octanol–water partition coefficient (Wildman–Crippen LogP) is 4.81. The van der Waals surface area contributed by atoms with Crippen LogP contribution in [0.25, 0.3) is 5.00 Å². The van der Waals surface area contributed by atoms with Gasteiger partial charge in [0, 0.05) is 85.5 Å². The quantitative estimate of drug-likeness (QED) is 0.0740. The molecule has 67 heavy (non-hydrogen) atoms. The number of likely N-dealkylation sites (N-methyl/N-ethyl adjacent to an activating group) is 1. The molecule has 4 amide bonds. The third-order valence-corrected chi connectivity index (χ3v) is 13.9. The van der Waals surface area contributed by atoms with E-state index in [1.807, 2.05) is 53.8 Å². The number of carbonyl (C=O) groups excluding carboxylic acids is 5. The predicted molar refractivity (Wildman–Crippen MR) is 248 cm³/mol. The van der Waals surface area contributed by atoms with E-state index in [-0.39, 0.29) is 69.1 Å². The first-order chi connectivity index (χ1) is 32.4. The molecule has 1 unspecified atom stereocenters. The fourth-order valence-corrected chi connectivity index (χ4v) is 10.1. The Morgan fingerprint density at radius 1 is 0.985 bits per heavy atom. The van der Waals surface area contributed by atoms with Gasteiger partial charge in [-0.05, 0) is 63.6 Å². The number of fused-ring (bicyclic) bond motifs is 4. The summed E-state index contributed by atoms with van der Waals surface area (Å²) in [5.74, 6) is 7.13. The molecule has 0 bridgehead atoms. The van der Waals surface area contributed by atoms with Gasteiger partial charge < -0.3 is 24.2 Å². The lowest BCUT2D eigenvalue weighted by atomic mass is 9.99. The molecule has 0 saturated carbocycles. The number of piperidine rings is 1. The zero-order valence-electron chi connectivity index (χ0n) is 37.4. The molecule has 4 aliphatic rings. The van der Waals surface area contributed by atoms with E-state index in [9.17, 15) is 24.0 Å². The lowest BCUT2D eigenvalue weighted by Crippen LogP contribution is -2.52. The summed E-state index contributed by atoms with van der Waals surface area (Å²) in [7, 11) is 2.06. The molecule has 2 fully saturated rings. The topological polar surface area (TPSA) is 186 Å². The monoisotopic (exact) mass is 944 g/mol. The first kappa shape index (κ1) is 45.5. The second kappa shape index (κ2) is 19.7. The van der Waals surface area contributed by atoms with Crippen LogP contribution in [-0.2, 0) is 37.0 Å². The van der Waals surface area contributed by atoms with E-state index < -0.39 is 18.0 Å². The molecule has 19 heteroatoms. The maximum absolute atomic E-state index is 13.7. The van der Waals surface area contributed by atoms with Crippen LogP contribution in [0.3, 0.4) is 0 Å². The van der Waals surface area contributed by atoms with Crippen LogP contribution in [-0.4, -0.2) is 127 Å². The molecule has 4 aliphatic heterocycles. The summed E-state index contributed by atoms with van der Waals surface area (Å²) >= 11 is 7.86. The Morgan fingerprint density at radius 2 is 1.79 bits per heavy atom. The van der Waals surface area contributed by atoms with Crippen molar-refractivity contribution in [3.05, 3.63) is 110 Å². The minimum atomic E-state index is -0.707. The van der Waals surface area contributed by atoms with Crippen LogP contribution in [0.2, 0.25) is 5.02 Å². The van der Waals surface area contributed by atoms with Gasteiger partial charge in [0.05, 0.1) is 48.5 Å². The third-order valence-electron chi connectivity index (χ3n) is 12.4. The van der Waals surface area contributed by atoms with Crippen LogP contribution in [0.15, 0.2) is 59.9 Å².